The molecule has 2 rings (SSSR count). The number of carbonyl (C=O) groups is 1. The van der Waals surface area contributed by atoms with Gasteiger partial charge in [0.2, 0.25) is 0 Å². The Morgan fingerprint density at radius 2 is 2.64 bits per heavy atom. The number of thiazole rings is 1. The maximum absolute atomic E-state index is 10.5. The van der Waals surface area contributed by atoms with Gasteiger partial charge in [-0.2, -0.15) is 0 Å². The second kappa shape index (κ2) is 4.06. The highest BCUT2D eigenvalue weighted by Gasteiger charge is 2.22. The lowest BCUT2D eigenvalue weighted by Gasteiger charge is -2.21. The molecular weight excluding hydrogens is 200 g/mol. The van der Waals surface area contributed by atoms with Crippen molar-refractivity contribution in [1.29, 1.82) is 0 Å². The van der Waals surface area contributed by atoms with E-state index >= 15 is 0 Å². The largest absolute Gasteiger partial charge is 0.379 e. The summed E-state index contributed by atoms with van der Waals surface area (Å²) < 4.78 is 5.30. The number of carbonyl (C=O) groups excluding carboxylic acids is 1. The van der Waals surface area contributed by atoms with Crippen LogP contribution in [0.4, 0.5) is 5.13 Å². The Hall–Kier alpha value is -0.940. The lowest BCUT2D eigenvalue weighted by atomic mass is 10.2. The molecule has 4 nitrogen and oxygen atoms in total. The summed E-state index contributed by atoms with van der Waals surface area (Å²) in [6, 6.07) is 0.403. The SMILES string of the molecule is CN(c1ncc(C=O)s1)C1CCOC1. The number of aldehydes is 1. The van der Waals surface area contributed by atoms with E-state index in [9.17, 15) is 4.79 Å². The molecule has 0 bridgehead atoms. The summed E-state index contributed by atoms with van der Waals surface area (Å²) in [6.45, 7) is 1.58. The third-order valence-corrected chi connectivity index (χ3v) is 3.40. The van der Waals surface area contributed by atoms with E-state index < -0.39 is 0 Å². The van der Waals surface area contributed by atoms with E-state index in [0.29, 0.717) is 10.9 Å². The number of rotatable bonds is 3. The van der Waals surface area contributed by atoms with Crippen molar-refractivity contribution < 1.29 is 9.53 Å². The van der Waals surface area contributed by atoms with Crippen LogP contribution < -0.4 is 4.90 Å². The zero-order valence-electron chi connectivity index (χ0n) is 7.97. The zero-order valence-corrected chi connectivity index (χ0v) is 8.79. The van der Waals surface area contributed by atoms with Gasteiger partial charge in [0, 0.05) is 13.7 Å². The molecule has 1 unspecified atom stereocenters. The van der Waals surface area contributed by atoms with Crippen molar-refractivity contribution >= 4 is 22.8 Å². The van der Waals surface area contributed by atoms with Crippen LogP contribution in [0.15, 0.2) is 6.20 Å². The van der Waals surface area contributed by atoms with Gasteiger partial charge in [-0.1, -0.05) is 11.3 Å². The summed E-state index contributed by atoms with van der Waals surface area (Å²) in [6.07, 6.45) is 3.48. The fourth-order valence-corrected chi connectivity index (χ4v) is 2.24. The van der Waals surface area contributed by atoms with Crippen molar-refractivity contribution in [3.63, 3.8) is 0 Å². The Morgan fingerprint density at radius 1 is 1.79 bits per heavy atom. The Morgan fingerprint density at radius 3 is 3.21 bits per heavy atom. The fraction of sp³-hybridized carbons (Fsp3) is 0.556. The Labute approximate surface area is 86.5 Å². The van der Waals surface area contributed by atoms with E-state index in [4.69, 9.17) is 4.74 Å². The van der Waals surface area contributed by atoms with E-state index in [1.54, 1.807) is 6.20 Å². The zero-order chi connectivity index (χ0) is 9.97. The van der Waals surface area contributed by atoms with Gasteiger partial charge in [0.05, 0.1) is 23.7 Å². The third kappa shape index (κ3) is 1.78. The molecule has 5 heteroatoms. The lowest BCUT2D eigenvalue weighted by molar-refractivity contribution is 0.112. The third-order valence-electron chi connectivity index (χ3n) is 2.38. The highest BCUT2D eigenvalue weighted by Crippen LogP contribution is 2.24. The van der Waals surface area contributed by atoms with Crippen LogP contribution in [0.1, 0.15) is 16.1 Å². The Kier molecular flexibility index (Phi) is 2.79. The number of aromatic nitrogens is 1. The van der Waals surface area contributed by atoms with E-state index in [-0.39, 0.29) is 0 Å². The van der Waals surface area contributed by atoms with Gasteiger partial charge in [0.15, 0.2) is 11.4 Å². The smallest absolute Gasteiger partial charge is 0.186 e. The van der Waals surface area contributed by atoms with Crippen molar-refractivity contribution in [3.05, 3.63) is 11.1 Å². The molecular formula is C9H12N2O2S. The molecule has 0 aromatic carbocycles. The molecule has 1 aliphatic heterocycles. The van der Waals surface area contributed by atoms with Gasteiger partial charge in [0.1, 0.15) is 0 Å². The van der Waals surface area contributed by atoms with Gasteiger partial charge >= 0.3 is 0 Å². The van der Waals surface area contributed by atoms with Gasteiger partial charge in [0.25, 0.3) is 0 Å². The summed E-state index contributed by atoms with van der Waals surface area (Å²) in [5.74, 6) is 0. The molecule has 0 N–H and O–H groups in total. The summed E-state index contributed by atoms with van der Waals surface area (Å²) in [7, 11) is 1.99. The van der Waals surface area contributed by atoms with Crippen molar-refractivity contribution in [2.24, 2.45) is 0 Å². The minimum atomic E-state index is 0.403. The van der Waals surface area contributed by atoms with E-state index in [1.807, 2.05) is 7.05 Å². The van der Waals surface area contributed by atoms with Gasteiger partial charge in [-0.25, -0.2) is 4.98 Å². The maximum atomic E-state index is 10.5. The van der Waals surface area contributed by atoms with Crippen LogP contribution >= 0.6 is 11.3 Å². The molecule has 1 aromatic heterocycles. The second-order valence-electron chi connectivity index (χ2n) is 3.29. The molecule has 1 fully saturated rings. The Bertz CT molecular complexity index is 320. The topological polar surface area (TPSA) is 42.4 Å². The molecule has 0 saturated carbocycles. The molecule has 1 aliphatic rings. The average molecular weight is 212 g/mol. The number of hydrogen-bond acceptors (Lipinski definition) is 5. The van der Waals surface area contributed by atoms with Crippen LogP contribution in [0, 0.1) is 0 Å². The van der Waals surface area contributed by atoms with Crippen molar-refractivity contribution in [2.45, 2.75) is 12.5 Å². The van der Waals surface area contributed by atoms with Gasteiger partial charge in [-0.05, 0) is 6.42 Å². The van der Waals surface area contributed by atoms with Crippen molar-refractivity contribution in [1.82, 2.24) is 4.98 Å². The number of likely N-dealkylation sites (N-methyl/N-ethyl adjacent to an activating group) is 1. The average Bonchev–Trinajstić information content (AvgIpc) is 2.88. The molecule has 0 spiro atoms. The minimum absolute atomic E-state index is 0.403. The maximum Gasteiger partial charge on any atom is 0.186 e. The summed E-state index contributed by atoms with van der Waals surface area (Å²) in [4.78, 5) is 17.4. The van der Waals surface area contributed by atoms with Gasteiger partial charge < -0.3 is 9.64 Å². The molecule has 2 heterocycles. The van der Waals surface area contributed by atoms with Crippen molar-refractivity contribution in [2.75, 3.05) is 25.2 Å². The monoisotopic (exact) mass is 212 g/mol. The predicted molar refractivity (Wildman–Crippen MR) is 55.1 cm³/mol. The van der Waals surface area contributed by atoms with Crippen molar-refractivity contribution in [3.8, 4) is 0 Å². The molecule has 0 aliphatic carbocycles. The van der Waals surface area contributed by atoms with E-state index in [2.05, 4.69) is 9.88 Å². The Balaban J connectivity index is 2.09. The van der Waals surface area contributed by atoms with Crippen LogP contribution in [0.5, 0.6) is 0 Å². The molecule has 76 valence electrons. The van der Waals surface area contributed by atoms with Crippen LogP contribution in [-0.2, 0) is 4.74 Å². The van der Waals surface area contributed by atoms with Gasteiger partial charge in [-0.3, -0.25) is 4.79 Å². The quantitative estimate of drug-likeness (QED) is 0.706. The number of nitrogens with zero attached hydrogens (tertiary/aromatic N) is 2. The molecule has 1 aromatic rings. The summed E-state index contributed by atoms with van der Waals surface area (Å²) in [5, 5.41) is 0.891. The normalized spacial score (nSPS) is 21.1. The first-order valence-corrected chi connectivity index (χ1v) is 5.34. The predicted octanol–water partition coefficient (Wildman–Crippen LogP) is 1.18. The van der Waals surface area contributed by atoms with Crippen LogP contribution in [0.3, 0.4) is 0 Å². The summed E-state index contributed by atoms with van der Waals surface area (Å²) >= 11 is 1.42. The second-order valence-corrected chi connectivity index (χ2v) is 4.33. The highest BCUT2D eigenvalue weighted by atomic mass is 32.1. The highest BCUT2D eigenvalue weighted by molar-refractivity contribution is 7.17. The molecule has 1 saturated heterocycles. The van der Waals surface area contributed by atoms with Gasteiger partial charge in [-0.15, -0.1) is 0 Å². The molecule has 0 radical (unpaired) electrons. The fourth-order valence-electron chi connectivity index (χ4n) is 1.48. The minimum Gasteiger partial charge on any atom is -0.379 e. The lowest BCUT2D eigenvalue weighted by Crippen LogP contribution is -2.31. The van der Waals surface area contributed by atoms with E-state index in [0.717, 1.165) is 31.1 Å². The summed E-state index contributed by atoms with van der Waals surface area (Å²) in [5.41, 5.74) is 0. The van der Waals surface area contributed by atoms with E-state index in [1.165, 1.54) is 11.3 Å². The van der Waals surface area contributed by atoms with Crippen LogP contribution in [0.25, 0.3) is 0 Å². The first-order chi connectivity index (χ1) is 6.81. The first-order valence-electron chi connectivity index (χ1n) is 4.53. The number of anilines is 1. The van der Waals surface area contributed by atoms with Crippen LogP contribution in [-0.4, -0.2) is 37.6 Å². The molecule has 1 atom stereocenters. The number of ether oxygens (including phenoxy) is 1. The molecule has 14 heavy (non-hydrogen) atoms. The number of hydrogen-bond donors (Lipinski definition) is 0. The van der Waals surface area contributed by atoms with Crippen LogP contribution in [0.2, 0.25) is 0 Å². The molecule has 0 amide bonds. The first kappa shape index (κ1) is 9.61. The standard InChI is InChI=1S/C9H12N2O2S/c1-11(7-2-3-13-6-7)9-10-4-8(5-12)14-9/h4-5,7H,2-3,6H2,1H3.